The van der Waals surface area contributed by atoms with Gasteiger partial charge < -0.3 is 20.4 Å². The third-order valence-electron chi connectivity index (χ3n) is 10.2. The van der Waals surface area contributed by atoms with Crippen molar-refractivity contribution in [3.05, 3.63) is 11.1 Å². The van der Waals surface area contributed by atoms with Crippen LogP contribution in [0.2, 0.25) is 0 Å². The number of aliphatic hydroxyl groups excluding tert-OH is 3. The van der Waals surface area contributed by atoms with Crippen molar-refractivity contribution in [3.63, 3.8) is 0 Å². The molecule has 9 unspecified atom stereocenters. The highest BCUT2D eigenvalue weighted by Crippen LogP contribution is 2.66. The molecule has 9 atom stereocenters. The maximum atomic E-state index is 13.8. The molecule has 32 heavy (non-hydrogen) atoms. The highest BCUT2D eigenvalue weighted by molar-refractivity contribution is 6.00. The summed E-state index contributed by atoms with van der Waals surface area (Å²) in [6.07, 6.45) is 3.53. The molecule has 0 aromatic carbocycles. The lowest BCUT2D eigenvalue weighted by Crippen LogP contribution is -2.68. The molecule has 0 bridgehead atoms. The van der Waals surface area contributed by atoms with Crippen LogP contribution < -0.4 is 0 Å². The van der Waals surface area contributed by atoms with E-state index in [1.54, 1.807) is 0 Å². The number of carbonyl (C=O) groups is 1. The molecule has 4 aliphatic rings. The van der Waals surface area contributed by atoms with Gasteiger partial charge in [0.15, 0.2) is 5.78 Å². The van der Waals surface area contributed by atoms with Crippen LogP contribution in [-0.2, 0) is 4.79 Å². The molecule has 4 rings (SSSR count). The van der Waals surface area contributed by atoms with E-state index >= 15 is 0 Å². The van der Waals surface area contributed by atoms with Gasteiger partial charge in [-0.1, -0.05) is 53.9 Å². The summed E-state index contributed by atoms with van der Waals surface area (Å²) in [5.74, 6) is 1.73. The molecule has 0 aromatic rings. The summed E-state index contributed by atoms with van der Waals surface area (Å²) in [7, 11) is 0. The van der Waals surface area contributed by atoms with E-state index in [2.05, 4.69) is 27.7 Å². The molecule has 182 valence electrons. The van der Waals surface area contributed by atoms with Crippen LogP contribution in [0.15, 0.2) is 11.1 Å². The Labute approximate surface area is 193 Å². The number of hydrogen-bond acceptors (Lipinski definition) is 5. The molecule has 5 heteroatoms. The Bertz CT molecular complexity index is 789. The maximum Gasteiger partial charge on any atom is 0.160 e. The fraction of sp³-hybridized carbons (Fsp3) is 0.889. The second-order valence-corrected chi connectivity index (χ2v) is 12.5. The summed E-state index contributed by atoms with van der Waals surface area (Å²) in [5, 5.41) is 44.2. The molecular formula is C27H44O5. The molecule has 0 heterocycles. The van der Waals surface area contributed by atoms with Crippen molar-refractivity contribution in [3.8, 4) is 0 Å². The molecular weight excluding hydrogens is 404 g/mol. The van der Waals surface area contributed by atoms with Crippen molar-refractivity contribution in [1.29, 1.82) is 0 Å². The minimum atomic E-state index is -1.69. The molecule has 2 saturated carbocycles. The van der Waals surface area contributed by atoms with Gasteiger partial charge >= 0.3 is 0 Å². The van der Waals surface area contributed by atoms with Crippen molar-refractivity contribution in [2.45, 2.75) is 116 Å². The molecule has 0 radical (unpaired) electrons. The Hall–Kier alpha value is -0.750. The Morgan fingerprint density at radius 3 is 2.38 bits per heavy atom. The predicted octanol–water partition coefficient (Wildman–Crippen LogP) is 3.77. The van der Waals surface area contributed by atoms with Gasteiger partial charge in [-0.05, 0) is 60.3 Å². The molecule has 0 aliphatic heterocycles. The van der Waals surface area contributed by atoms with E-state index < -0.39 is 29.3 Å². The van der Waals surface area contributed by atoms with E-state index in [0.717, 1.165) is 19.3 Å². The Kier molecular flexibility index (Phi) is 6.23. The molecule has 0 saturated heterocycles. The van der Waals surface area contributed by atoms with E-state index in [1.807, 2.05) is 6.92 Å². The van der Waals surface area contributed by atoms with Gasteiger partial charge in [-0.2, -0.15) is 0 Å². The van der Waals surface area contributed by atoms with Gasteiger partial charge in [0.2, 0.25) is 0 Å². The third kappa shape index (κ3) is 3.37. The van der Waals surface area contributed by atoms with Crippen molar-refractivity contribution in [2.24, 2.45) is 34.5 Å². The van der Waals surface area contributed by atoms with Crippen molar-refractivity contribution in [1.82, 2.24) is 0 Å². The zero-order chi connectivity index (χ0) is 23.6. The highest BCUT2D eigenvalue weighted by atomic mass is 16.4. The number of carbonyl (C=O) groups excluding carboxylic acids is 1. The third-order valence-corrected chi connectivity index (χ3v) is 10.2. The van der Waals surface area contributed by atoms with Crippen LogP contribution in [0.25, 0.3) is 0 Å². The number of ketones is 1. The smallest absolute Gasteiger partial charge is 0.160 e. The van der Waals surface area contributed by atoms with Gasteiger partial charge in [0, 0.05) is 23.8 Å². The Balaban J connectivity index is 1.70. The van der Waals surface area contributed by atoms with Crippen LogP contribution in [0.1, 0.15) is 92.4 Å². The first-order valence-electron chi connectivity index (χ1n) is 12.9. The lowest BCUT2D eigenvalue weighted by atomic mass is 9.47. The topological polar surface area (TPSA) is 98.0 Å². The fourth-order valence-electron chi connectivity index (χ4n) is 8.34. The van der Waals surface area contributed by atoms with Gasteiger partial charge in [-0.3, -0.25) is 4.79 Å². The summed E-state index contributed by atoms with van der Waals surface area (Å²) in [4.78, 5) is 13.8. The van der Waals surface area contributed by atoms with Crippen LogP contribution in [0.4, 0.5) is 0 Å². The zero-order valence-electron chi connectivity index (χ0n) is 20.6. The average molecular weight is 449 g/mol. The zero-order valence-corrected chi connectivity index (χ0v) is 20.6. The molecule has 5 nitrogen and oxygen atoms in total. The van der Waals surface area contributed by atoms with Gasteiger partial charge in [-0.25, -0.2) is 0 Å². The van der Waals surface area contributed by atoms with E-state index in [0.29, 0.717) is 48.2 Å². The van der Waals surface area contributed by atoms with E-state index in [4.69, 9.17) is 0 Å². The predicted molar refractivity (Wildman–Crippen MR) is 124 cm³/mol. The molecule has 2 fully saturated rings. The first-order valence-corrected chi connectivity index (χ1v) is 12.9. The summed E-state index contributed by atoms with van der Waals surface area (Å²) in [6.45, 7) is 10.9. The monoisotopic (exact) mass is 448 g/mol. The summed E-state index contributed by atoms with van der Waals surface area (Å²) >= 11 is 0. The van der Waals surface area contributed by atoms with Crippen molar-refractivity contribution < 1.29 is 25.2 Å². The summed E-state index contributed by atoms with van der Waals surface area (Å²) in [6, 6.07) is 0. The average Bonchev–Trinajstić information content (AvgIpc) is 3.04. The van der Waals surface area contributed by atoms with Gasteiger partial charge in [0.25, 0.3) is 0 Å². The first kappa shape index (κ1) is 24.4. The molecule has 0 amide bonds. The SMILES string of the molecule is CC(C)CCCC(C)C1CCC2C3=C(C(=O)CC21C)C1(C)CCC(O)CC1(O)C(O)C3O. The van der Waals surface area contributed by atoms with Crippen LogP contribution in [0.3, 0.4) is 0 Å². The van der Waals surface area contributed by atoms with Crippen LogP contribution in [-0.4, -0.2) is 50.1 Å². The van der Waals surface area contributed by atoms with E-state index in [9.17, 15) is 25.2 Å². The minimum Gasteiger partial charge on any atom is -0.393 e. The first-order chi connectivity index (χ1) is 14.9. The fourth-order valence-corrected chi connectivity index (χ4v) is 8.34. The lowest BCUT2D eigenvalue weighted by Gasteiger charge is -2.60. The minimum absolute atomic E-state index is 0.0107. The summed E-state index contributed by atoms with van der Waals surface area (Å²) < 4.78 is 0. The number of Topliss-reactive ketones (excluding diaryl/α,β-unsaturated/α-hetero) is 1. The van der Waals surface area contributed by atoms with Gasteiger partial charge in [-0.15, -0.1) is 0 Å². The van der Waals surface area contributed by atoms with Crippen LogP contribution in [0.5, 0.6) is 0 Å². The van der Waals surface area contributed by atoms with Crippen LogP contribution >= 0.6 is 0 Å². The van der Waals surface area contributed by atoms with Gasteiger partial charge in [0.1, 0.15) is 17.8 Å². The van der Waals surface area contributed by atoms with E-state index in [-0.39, 0.29) is 23.5 Å². The number of aliphatic hydroxyl groups is 4. The molecule has 0 aromatic heterocycles. The molecule has 0 spiro atoms. The van der Waals surface area contributed by atoms with Crippen LogP contribution in [0, 0.1) is 34.5 Å². The largest absolute Gasteiger partial charge is 0.393 e. The molecule has 4 N–H and O–H groups in total. The van der Waals surface area contributed by atoms with Crippen molar-refractivity contribution in [2.75, 3.05) is 0 Å². The standard InChI is InChI=1S/C27H44O5/c1-15(2)7-6-8-16(3)18-9-10-19-21-22(20(29)14-25(18,19)4)26(5)12-11-17(28)13-27(26,32)24(31)23(21)30/h15-19,23-24,28,30-32H,6-14H2,1-5H3. The maximum absolute atomic E-state index is 13.8. The quantitative estimate of drug-likeness (QED) is 0.513. The Morgan fingerprint density at radius 2 is 1.72 bits per heavy atom. The van der Waals surface area contributed by atoms with Crippen molar-refractivity contribution >= 4 is 5.78 Å². The number of rotatable bonds is 5. The van der Waals surface area contributed by atoms with Gasteiger partial charge in [0.05, 0.1) is 6.10 Å². The van der Waals surface area contributed by atoms with E-state index in [1.165, 1.54) is 12.8 Å². The second-order valence-electron chi connectivity index (χ2n) is 12.5. The highest BCUT2D eigenvalue weighted by Gasteiger charge is 2.67. The number of fused-ring (bicyclic) bond motifs is 4. The Morgan fingerprint density at radius 1 is 1.03 bits per heavy atom. The normalized spacial score (nSPS) is 47.3. The summed E-state index contributed by atoms with van der Waals surface area (Å²) in [5.41, 5.74) is -1.56. The molecule has 4 aliphatic carbocycles. The number of hydrogen-bond donors (Lipinski definition) is 4. The lowest BCUT2D eigenvalue weighted by molar-refractivity contribution is -0.215. The second kappa shape index (κ2) is 8.18.